The fourth-order valence-corrected chi connectivity index (χ4v) is 0.723. The molecular weight excluding hydrogens is 124 g/mol. The van der Waals surface area contributed by atoms with Crippen LogP contribution in [0.4, 0.5) is 0 Å². The molecule has 0 N–H and O–H groups in total. The van der Waals surface area contributed by atoms with Crippen molar-refractivity contribution in [2.45, 2.75) is 52.6 Å². The number of hydrogen-bond donors (Lipinski definition) is 0. The monoisotopic (exact) mass is 142 g/mol. The minimum atomic E-state index is 0.347. The summed E-state index contributed by atoms with van der Waals surface area (Å²) in [6, 6.07) is 0.756. The molecule has 1 unspecified atom stereocenters. The molecule has 0 aromatic heterocycles. The van der Waals surface area contributed by atoms with E-state index < -0.39 is 0 Å². The van der Waals surface area contributed by atoms with Gasteiger partial charge in [-0.15, -0.1) is 0 Å². The molecule has 0 spiro atoms. The molecule has 0 aromatic carbocycles. The first-order valence-electron chi connectivity index (χ1n) is 4.06. The summed E-state index contributed by atoms with van der Waals surface area (Å²) in [6.07, 6.45) is 2.34. The topological polar surface area (TPSA) is 24.7 Å². The van der Waals surface area contributed by atoms with Crippen molar-refractivity contribution < 1.29 is 0 Å². The van der Waals surface area contributed by atoms with Crippen LogP contribution in [0.15, 0.2) is 10.2 Å². The lowest BCUT2D eigenvalue weighted by atomic mass is 10.2. The maximum absolute atomic E-state index is 4.14. The second-order valence-electron chi connectivity index (χ2n) is 2.96. The molecule has 10 heavy (non-hydrogen) atoms. The molecule has 0 saturated heterocycles. The van der Waals surface area contributed by atoms with Crippen LogP contribution in [0.1, 0.15) is 40.5 Å². The van der Waals surface area contributed by atoms with Gasteiger partial charge in [0.2, 0.25) is 0 Å². The molecule has 2 heteroatoms. The summed E-state index contributed by atoms with van der Waals surface area (Å²) >= 11 is 0. The zero-order valence-electron chi connectivity index (χ0n) is 7.46. The van der Waals surface area contributed by atoms with Crippen molar-refractivity contribution >= 4 is 0 Å². The Morgan fingerprint density at radius 2 is 1.70 bits per heavy atom. The maximum Gasteiger partial charge on any atom is 0.0680 e. The molecular formula is C8H18N2. The molecule has 1 atom stereocenters. The Bertz CT molecular complexity index is 97.4. The van der Waals surface area contributed by atoms with E-state index in [1.54, 1.807) is 0 Å². The molecule has 0 saturated carbocycles. The van der Waals surface area contributed by atoms with Crippen LogP contribution in [0, 0.1) is 0 Å². The van der Waals surface area contributed by atoms with Gasteiger partial charge < -0.3 is 0 Å². The Morgan fingerprint density at radius 1 is 1.10 bits per heavy atom. The van der Waals surface area contributed by atoms with Gasteiger partial charge in [0.1, 0.15) is 0 Å². The van der Waals surface area contributed by atoms with E-state index in [0.29, 0.717) is 12.1 Å². The second kappa shape index (κ2) is 5.39. The highest BCUT2D eigenvalue weighted by molar-refractivity contribution is 4.56. The summed E-state index contributed by atoms with van der Waals surface area (Å²) in [5.74, 6) is 0. The lowest BCUT2D eigenvalue weighted by molar-refractivity contribution is 0.594. The van der Waals surface area contributed by atoms with E-state index >= 15 is 0 Å². The van der Waals surface area contributed by atoms with E-state index in [0.717, 1.165) is 6.42 Å². The summed E-state index contributed by atoms with van der Waals surface area (Å²) in [7, 11) is 0. The SMILES string of the molecule is CCCC(C)N=NC(C)C. The average Bonchev–Trinajstić information content (AvgIpc) is 1.85. The summed E-state index contributed by atoms with van der Waals surface area (Å²) in [5.41, 5.74) is 0. The van der Waals surface area contributed by atoms with Gasteiger partial charge in [0.25, 0.3) is 0 Å². The third kappa shape index (κ3) is 5.73. The van der Waals surface area contributed by atoms with Crippen molar-refractivity contribution in [2.75, 3.05) is 0 Å². The Labute approximate surface area is 63.7 Å². The fourth-order valence-electron chi connectivity index (χ4n) is 0.723. The van der Waals surface area contributed by atoms with E-state index in [1.165, 1.54) is 6.42 Å². The third-order valence-corrected chi connectivity index (χ3v) is 1.20. The van der Waals surface area contributed by atoms with Gasteiger partial charge in [-0.05, 0) is 27.2 Å². The van der Waals surface area contributed by atoms with Crippen LogP contribution in [0.2, 0.25) is 0 Å². The van der Waals surface area contributed by atoms with E-state index in [-0.39, 0.29) is 0 Å². The largest absolute Gasteiger partial charge is 0.191 e. The van der Waals surface area contributed by atoms with Gasteiger partial charge in [0.05, 0.1) is 12.1 Å². The minimum Gasteiger partial charge on any atom is -0.191 e. The van der Waals surface area contributed by atoms with Gasteiger partial charge in [0.15, 0.2) is 0 Å². The molecule has 60 valence electrons. The van der Waals surface area contributed by atoms with Crippen LogP contribution in [0.25, 0.3) is 0 Å². The third-order valence-electron chi connectivity index (χ3n) is 1.20. The van der Waals surface area contributed by atoms with Crippen molar-refractivity contribution in [1.29, 1.82) is 0 Å². The Balaban J connectivity index is 3.45. The molecule has 0 radical (unpaired) electrons. The summed E-state index contributed by atoms with van der Waals surface area (Å²) < 4.78 is 0. The lowest BCUT2D eigenvalue weighted by Crippen LogP contribution is -1.97. The van der Waals surface area contributed by atoms with E-state index in [4.69, 9.17) is 0 Å². The van der Waals surface area contributed by atoms with Crippen LogP contribution in [-0.4, -0.2) is 12.1 Å². The molecule has 0 aliphatic heterocycles. The highest BCUT2D eigenvalue weighted by atomic mass is 15.1. The van der Waals surface area contributed by atoms with Gasteiger partial charge in [-0.3, -0.25) is 0 Å². The van der Waals surface area contributed by atoms with Gasteiger partial charge in [-0.25, -0.2) is 0 Å². The maximum atomic E-state index is 4.14. The number of azo groups is 1. The lowest BCUT2D eigenvalue weighted by Gasteiger charge is -2.01. The van der Waals surface area contributed by atoms with Crippen molar-refractivity contribution in [2.24, 2.45) is 10.2 Å². The molecule has 0 fully saturated rings. The smallest absolute Gasteiger partial charge is 0.0680 e. The van der Waals surface area contributed by atoms with Gasteiger partial charge in [0, 0.05) is 0 Å². The minimum absolute atomic E-state index is 0.347. The summed E-state index contributed by atoms with van der Waals surface area (Å²) in [6.45, 7) is 8.36. The van der Waals surface area contributed by atoms with E-state index in [2.05, 4.69) is 24.1 Å². The molecule has 2 nitrogen and oxygen atoms in total. The van der Waals surface area contributed by atoms with Crippen LogP contribution in [0.5, 0.6) is 0 Å². The fraction of sp³-hybridized carbons (Fsp3) is 1.00. The van der Waals surface area contributed by atoms with Crippen molar-refractivity contribution in [3.8, 4) is 0 Å². The highest BCUT2D eigenvalue weighted by Gasteiger charge is 1.95. The average molecular weight is 142 g/mol. The van der Waals surface area contributed by atoms with Crippen LogP contribution >= 0.6 is 0 Å². The molecule has 0 rings (SSSR count). The van der Waals surface area contributed by atoms with Gasteiger partial charge in [-0.2, -0.15) is 10.2 Å². The van der Waals surface area contributed by atoms with Crippen LogP contribution < -0.4 is 0 Å². The zero-order valence-corrected chi connectivity index (χ0v) is 7.46. The first-order valence-corrected chi connectivity index (χ1v) is 4.06. The van der Waals surface area contributed by atoms with E-state index in [1.807, 2.05) is 13.8 Å². The van der Waals surface area contributed by atoms with Gasteiger partial charge >= 0.3 is 0 Å². The second-order valence-corrected chi connectivity index (χ2v) is 2.96. The molecule has 0 aliphatic rings. The molecule has 0 heterocycles. The van der Waals surface area contributed by atoms with Crippen LogP contribution in [-0.2, 0) is 0 Å². The number of rotatable bonds is 4. The molecule has 0 amide bonds. The summed E-state index contributed by atoms with van der Waals surface area (Å²) in [4.78, 5) is 0. The van der Waals surface area contributed by atoms with Crippen molar-refractivity contribution in [3.63, 3.8) is 0 Å². The quantitative estimate of drug-likeness (QED) is 0.539. The normalized spacial score (nSPS) is 14.9. The first kappa shape index (κ1) is 9.60. The Kier molecular flexibility index (Phi) is 5.17. The predicted octanol–water partition coefficient (Wildman–Crippen LogP) is 3.04. The highest BCUT2D eigenvalue weighted by Crippen LogP contribution is 2.01. The Morgan fingerprint density at radius 3 is 2.10 bits per heavy atom. The standard InChI is InChI=1S/C8H18N2/c1-5-6-8(4)10-9-7(2)3/h7-8H,5-6H2,1-4H3. The van der Waals surface area contributed by atoms with Crippen molar-refractivity contribution in [1.82, 2.24) is 0 Å². The summed E-state index contributed by atoms with van der Waals surface area (Å²) in [5, 5.41) is 8.21. The van der Waals surface area contributed by atoms with Crippen molar-refractivity contribution in [3.05, 3.63) is 0 Å². The zero-order chi connectivity index (χ0) is 7.98. The number of nitrogens with zero attached hydrogens (tertiary/aromatic N) is 2. The predicted molar refractivity (Wildman–Crippen MR) is 44.4 cm³/mol. The molecule has 0 aliphatic carbocycles. The Hall–Kier alpha value is -0.400. The molecule has 0 bridgehead atoms. The van der Waals surface area contributed by atoms with E-state index in [9.17, 15) is 0 Å². The van der Waals surface area contributed by atoms with Gasteiger partial charge in [-0.1, -0.05) is 13.3 Å². The van der Waals surface area contributed by atoms with Crippen LogP contribution in [0.3, 0.4) is 0 Å². The molecule has 0 aromatic rings. The first-order chi connectivity index (χ1) is 4.66. The number of hydrogen-bond acceptors (Lipinski definition) is 2.